The molecular formula is C32H52Cl2Zr. The summed E-state index contributed by atoms with van der Waals surface area (Å²) in [5.41, 5.74) is 9.73. The second kappa shape index (κ2) is 21.1. The van der Waals surface area contributed by atoms with Gasteiger partial charge in [-0.05, 0) is 0 Å². The molecular weight excluding hydrogens is 546 g/mol. The largest absolute Gasteiger partial charge is 2.00 e. The second-order valence-corrected chi connectivity index (χ2v) is 10.7. The Balaban J connectivity index is 0.000000608. The van der Waals surface area contributed by atoms with Crippen molar-refractivity contribution < 1.29 is 26.2 Å². The van der Waals surface area contributed by atoms with E-state index in [9.17, 15) is 0 Å². The molecule has 0 nitrogen and oxygen atoms in total. The molecule has 2 aromatic carbocycles. The third-order valence-electron chi connectivity index (χ3n) is 8.04. The molecule has 4 rings (SSSR count). The van der Waals surface area contributed by atoms with E-state index in [0.717, 1.165) is 0 Å². The van der Waals surface area contributed by atoms with E-state index < -0.39 is 0 Å². The van der Waals surface area contributed by atoms with Crippen molar-refractivity contribution in [3.8, 4) is 0 Å². The van der Waals surface area contributed by atoms with Gasteiger partial charge in [0.05, 0.1) is 0 Å². The third-order valence-corrected chi connectivity index (χ3v) is 8.04. The molecule has 2 aromatic rings. The van der Waals surface area contributed by atoms with Crippen LogP contribution in [0.4, 0.5) is 0 Å². The van der Waals surface area contributed by atoms with Crippen LogP contribution >= 0.6 is 24.8 Å². The van der Waals surface area contributed by atoms with Gasteiger partial charge >= 0.3 is 26.2 Å². The third kappa shape index (κ3) is 13.0. The van der Waals surface area contributed by atoms with Gasteiger partial charge in [-0.3, -0.25) is 0 Å². The Morgan fingerprint density at radius 3 is 1.00 bits per heavy atom. The molecule has 0 radical (unpaired) electrons. The molecule has 0 N–H and O–H groups in total. The summed E-state index contributed by atoms with van der Waals surface area (Å²) >= 11 is 0. The Bertz CT molecular complexity index is 693. The Hall–Kier alpha value is 0.163. The molecule has 0 amide bonds. The summed E-state index contributed by atoms with van der Waals surface area (Å²) in [6, 6.07) is 9.39. The van der Waals surface area contributed by atoms with E-state index in [1.165, 1.54) is 140 Å². The number of fused-ring (bicyclic) bond motifs is 2. The van der Waals surface area contributed by atoms with Crippen molar-refractivity contribution in [2.75, 3.05) is 0 Å². The van der Waals surface area contributed by atoms with Crippen LogP contribution in [0.25, 0.3) is 0 Å². The second-order valence-electron chi connectivity index (χ2n) is 10.7. The molecule has 0 bridgehead atoms. The van der Waals surface area contributed by atoms with Crippen LogP contribution in [0.15, 0.2) is 24.3 Å². The Kier molecular flexibility index (Phi) is 21.2. The fourth-order valence-corrected chi connectivity index (χ4v) is 5.90. The summed E-state index contributed by atoms with van der Waals surface area (Å²) in [5, 5.41) is 0. The monoisotopic (exact) mass is 596 g/mol. The van der Waals surface area contributed by atoms with Crippen LogP contribution in [-0.4, -0.2) is 0 Å². The SMILES string of the molecule is C[c-]1ccc2c1CCCCCCCCCC2.C[c-]1ccc2c1CCCCCCCCCC2.Cl.Cl.[Zr+2]. The summed E-state index contributed by atoms with van der Waals surface area (Å²) in [6.07, 6.45) is 28.3. The van der Waals surface area contributed by atoms with Gasteiger partial charge in [0.25, 0.3) is 0 Å². The maximum absolute atomic E-state index is 2.37. The first-order valence-corrected chi connectivity index (χ1v) is 14.2. The predicted molar refractivity (Wildman–Crippen MR) is 157 cm³/mol. The molecule has 2 aliphatic rings. The van der Waals surface area contributed by atoms with Crippen molar-refractivity contribution in [3.05, 3.63) is 57.6 Å². The van der Waals surface area contributed by atoms with Gasteiger partial charge < -0.3 is 0 Å². The van der Waals surface area contributed by atoms with Crippen molar-refractivity contribution in [2.24, 2.45) is 0 Å². The molecule has 0 saturated carbocycles. The average molecular weight is 599 g/mol. The molecule has 0 aliphatic heterocycles. The van der Waals surface area contributed by atoms with E-state index in [4.69, 9.17) is 0 Å². The first-order chi connectivity index (χ1) is 15.8. The zero-order chi connectivity index (χ0) is 22.4. The molecule has 0 unspecified atom stereocenters. The van der Waals surface area contributed by atoms with Crippen LogP contribution in [0.2, 0.25) is 0 Å². The van der Waals surface area contributed by atoms with E-state index >= 15 is 0 Å². The first kappa shape index (κ1) is 35.2. The molecule has 35 heavy (non-hydrogen) atoms. The van der Waals surface area contributed by atoms with E-state index in [2.05, 4.69) is 38.1 Å². The fraction of sp³-hybridized carbons (Fsp3) is 0.688. The van der Waals surface area contributed by atoms with Crippen molar-refractivity contribution in [2.45, 2.75) is 142 Å². The molecule has 2 aliphatic carbocycles. The van der Waals surface area contributed by atoms with Crippen molar-refractivity contribution >= 4 is 24.8 Å². The fourth-order valence-electron chi connectivity index (χ4n) is 5.90. The summed E-state index contributed by atoms with van der Waals surface area (Å²) in [5.74, 6) is 0. The average Bonchev–Trinajstić information content (AvgIpc) is 3.30. The van der Waals surface area contributed by atoms with E-state index in [1.807, 2.05) is 0 Å². The summed E-state index contributed by atoms with van der Waals surface area (Å²) in [6.45, 7) is 4.56. The molecule has 0 spiro atoms. The summed E-state index contributed by atoms with van der Waals surface area (Å²) in [4.78, 5) is 0. The zero-order valence-electron chi connectivity index (χ0n) is 22.8. The zero-order valence-corrected chi connectivity index (χ0v) is 26.9. The van der Waals surface area contributed by atoms with Crippen molar-refractivity contribution in [1.82, 2.24) is 0 Å². The van der Waals surface area contributed by atoms with Crippen LogP contribution in [-0.2, 0) is 51.9 Å². The molecule has 0 fully saturated rings. The number of rotatable bonds is 0. The number of halogens is 2. The minimum atomic E-state index is 0. The number of hydrogen-bond acceptors (Lipinski definition) is 0. The van der Waals surface area contributed by atoms with Gasteiger partial charge in [0, 0.05) is 0 Å². The predicted octanol–water partition coefficient (Wildman–Crippen LogP) is 10.7. The van der Waals surface area contributed by atoms with Gasteiger partial charge in [0.2, 0.25) is 0 Å². The molecule has 3 heteroatoms. The van der Waals surface area contributed by atoms with Crippen LogP contribution in [0.1, 0.15) is 136 Å². The molecule has 0 saturated heterocycles. The van der Waals surface area contributed by atoms with Gasteiger partial charge in [-0.2, -0.15) is 45.5 Å². The maximum Gasteiger partial charge on any atom is 2.00 e. The Morgan fingerprint density at radius 1 is 0.429 bits per heavy atom. The molecule has 0 aromatic heterocycles. The summed E-state index contributed by atoms with van der Waals surface area (Å²) in [7, 11) is 0. The minimum absolute atomic E-state index is 0. The van der Waals surface area contributed by atoms with Gasteiger partial charge in [-0.25, -0.2) is 12.1 Å². The van der Waals surface area contributed by atoms with E-state index in [-0.39, 0.29) is 51.0 Å². The van der Waals surface area contributed by atoms with Crippen molar-refractivity contribution in [1.29, 1.82) is 0 Å². The smallest absolute Gasteiger partial charge is 0.210 e. The van der Waals surface area contributed by atoms with Gasteiger partial charge in [0.1, 0.15) is 0 Å². The van der Waals surface area contributed by atoms with Crippen LogP contribution in [0, 0.1) is 13.8 Å². The topological polar surface area (TPSA) is 0 Å². The van der Waals surface area contributed by atoms with Crippen LogP contribution in [0.5, 0.6) is 0 Å². The molecule has 198 valence electrons. The summed E-state index contributed by atoms with van der Waals surface area (Å²) < 4.78 is 0. The van der Waals surface area contributed by atoms with Crippen LogP contribution in [0.3, 0.4) is 0 Å². The van der Waals surface area contributed by atoms with Crippen LogP contribution < -0.4 is 0 Å². The standard InChI is InChI=1S/2C16H25.2ClH.Zr/c2*1-14-12-13-15-10-8-6-4-2-3-5-7-9-11-16(14)15;;;/h2*12-13H,2-11H2,1H3;2*1H;/q2*-1;;;+2. The number of aryl methyl sites for hydroxylation is 4. The van der Waals surface area contributed by atoms with Crippen molar-refractivity contribution in [3.63, 3.8) is 0 Å². The normalized spacial score (nSPS) is 17.9. The Morgan fingerprint density at radius 2 is 0.686 bits per heavy atom. The maximum atomic E-state index is 2.37. The van der Waals surface area contributed by atoms with Gasteiger partial charge in [0.15, 0.2) is 0 Å². The quantitative estimate of drug-likeness (QED) is 0.265. The van der Waals surface area contributed by atoms with Gasteiger partial charge in [-0.1, -0.05) is 142 Å². The van der Waals surface area contributed by atoms with E-state index in [0.29, 0.717) is 0 Å². The minimum Gasteiger partial charge on any atom is -0.210 e. The molecule has 0 atom stereocenters. The number of hydrogen-bond donors (Lipinski definition) is 0. The first-order valence-electron chi connectivity index (χ1n) is 14.2. The van der Waals surface area contributed by atoms with E-state index in [1.54, 1.807) is 22.3 Å². The van der Waals surface area contributed by atoms with Gasteiger partial charge in [-0.15, -0.1) is 24.8 Å². The Labute approximate surface area is 249 Å². The molecule has 0 heterocycles.